The summed E-state index contributed by atoms with van der Waals surface area (Å²) >= 11 is 7.65. The fourth-order valence-electron chi connectivity index (χ4n) is 2.24. The Morgan fingerprint density at radius 3 is 2.64 bits per heavy atom. The second-order valence-corrected chi connectivity index (χ2v) is 6.16. The molecule has 5 heteroatoms. The number of nitrogens with zero attached hydrogens (tertiary/aromatic N) is 1. The van der Waals surface area contributed by atoms with E-state index in [2.05, 4.69) is 4.98 Å². The molecular formula is C17H13ClN2OS. The van der Waals surface area contributed by atoms with Crippen LogP contribution in [-0.4, -0.2) is 10.9 Å². The van der Waals surface area contributed by atoms with E-state index in [1.807, 2.05) is 54.8 Å². The number of hydrogen-bond donors (Lipinski definition) is 1. The number of aryl methyl sites for hydroxylation is 1. The van der Waals surface area contributed by atoms with Crippen LogP contribution in [-0.2, 0) is 0 Å². The molecule has 0 saturated carbocycles. The smallest absolute Gasteiger partial charge is 0.277 e. The van der Waals surface area contributed by atoms with Gasteiger partial charge < -0.3 is 5.73 Å². The Hall–Kier alpha value is -2.17. The Morgan fingerprint density at radius 2 is 1.91 bits per heavy atom. The molecule has 3 aromatic rings. The van der Waals surface area contributed by atoms with Crippen molar-refractivity contribution in [3.63, 3.8) is 0 Å². The molecule has 2 N–H and O–H groups in total. The zero-order chi connectivity index (χ0) is 15.7. The lowest BCUT2D eigenvalue weighted by atomic mass is 10.0. The van der Waals surface area contributed by atoms with Gasteiger partial charge in [-0.15, -0.1) is 11.3 Å². The molecule has 2 aromatic carbocycles. The maximum atomic E-state index is 11.2. The van der Waals surface area contributed by atoms with E-state index in [1.165, 1.54) is 11.3 Å². The average Bonchev–Trinajstić information content (AvgIpc) is 3.00. The summed E-state index contributed by atoms with van der Waals surface area (Å²) in [5.74, 6) is -0.505. The first-order chi connectivity index (χ1) is 10.6. The van der Waals surface area contributed by atoms with Crippen molar-refractivity contribution in [2.24, 2.45) is 5.73 Å². The maximum absolute atomic E-state index is 11.2. The highest BCUT2D eigenvalue weighted by molar-refractivity contribution is 7.12. The number of aromatic nitrogens is 1. The third-order valence-corrected chi connectivity index (χ3v) is 4.73. The number of halogens is 1. The van der Waals surface area contributed by atoms with Gasteiger partial charge in [0.25, 0.3) is 5.91 Å². The summed E-state index contributed by atoms with van der Waals surface area (Å²) in [5.41, 5.74) is 9.95. The predicted octanol–water partition coefficient (Wildman–Crippen LogP) is 4.54. The van der Waals surface area contributed by atoms with E-state index in [0.29, 0.717) is 5.01 Å². The van der Waals surface area contributed by atoms with E-state index in [1.54, 1.807) is 0 Å². The van der Waals surface area contributed by atoms with Gasteiger partial charge in [-0.1, -0.05) is 48.0 Å². The maximum Gasteiger partial charge on any atom is 0.277 e. The highest BCUT2D eigenvalue weighted by Gasteiger charge is 2.11. The van der Waals surface area contributed by atoms with Gasteiger partial charge in [-0.2, -0.15) is 0 Å². The van der Waals surface area contributed by atoms with E-state index < -0.39 is 5.91 Å². The van der Waals surface area contributed by atoms with Gasteiger partial charge in [0.2, 0.25) is 0 Å². The Balaban J connectivity index is 2.05. The summed E-state index contributed by atoms with van der Waals surface area (Å²) in [6, 6.07) is 13.9. The Labute approximate surface area is 137 Å². The van der Waals surface area contributed by atoms with Crippen molar-refractivity contribution in [1.82, 2.24) is 4.98 Å². The molecule has 0 aliphatic carbocycles. The lowest BCUT2D eigenvalue weighted by Crippen LogP contribution is -2.10. The summed E-state index contributed by atoms with van der Waals surface area (Å²) in [5, 5.41) is 2.89. The van der Waals surface area contributed by atoms with E-state index in [0.717, 1.165) is 33.0 Å². The Kier molecular flexibility index (Phi) is 3.96. The van der Waals surface area contributed by atoms with Crippen LogP contribution >= 0.6 is 22.9 Å². The molecule has 0 aliphatic rings. The van der Waals surface area contributed by atoms with Gasteiger partial charge in [0.05, 0.1) is 10.7 Å². The molecule has 0 fully saturated rings. The molecule has 3 nitrogen and oxygen atoms in total. The molecule has 1 amide bonds. The van der Waals surface area contributed by atoms with Crippen LogP contribution in [0.4, 0.5) is 0 Å². The lowest BCUT2D eigenvalue weighted by molar-refractivity contribution is 0.1000. The summed E-state index contributed by atoms with van der Waals surface area (Å²) in [7, 11) is 0. The van der Waals surface area contributed by atoms with Gasteiger partial charge >= 0.3 is 0 Å². The van der Waals surface area contributed by atoms with Crippen LogP contribution in [0.2, 0.25) is 5.02 Å². The molecule has 0 unspecified atom stereocenters. The van der Waals surface area contributed by atoms with Crippen LogP contribution in [0, 0.1) is 6.92 Å². The second kappa shape index (κ2) is 5.91. The highest BCUT2D eigenvalue weighted by Crippen LogP contribution is 2.33. The third-order valence-electron chi connectivity index (χ3n) is 3.38. The van der Waals surface area contributed by atoms with Gasteiger partial charge in [0, 0.05) is 16.5 Å². The summed E-state index contributed by atoms with van der Waals surface area (Å²) in [6.45, 7) is 1.98. The molecule has 1 heterocycles. The van der Waals surface area contributed by atoms with Gasteiger partial charge in [-0.3, -0.25) is 4.79 Å². The summed E-state index contributed by atoms with van der Waals surface area (Å²) in [4.78, 5) is 15.4. The van der Waals surface area contributed by atoms with Crippen LogP contribution in [0.15, 0.2) is 47.8 Å². The van der Waals surface area contributed by atoms with Crippen LogP contribution in [0.5, 0.6) is 0 Å². The van der Waals surface area contributed by atoms with E-state index in [4.69, 9.17) is 17.3 Å². The first-order valence-electron chi connectivity index (χ1n) is 6.67. The van der Waals surface area contributed by atoms with Crippen molar-refractivity contribution in [2.45, 2.75) is 6.92 Å². The number of rotatable bonds is 3. The first kappa shape index (κ1) is 14.8. The minimum Gasteiger partial charge on any atom is -0.364 e. The molecule has 22 heavy (non-hydrogen) atoms. The SMILES string of the molecule is Cc1cccc(-c2cccc(-c3csc(C(N)=O)n3)c2)c1Cl. The van der Waals surface area contributed by atoms with Crippen molar-refractivity contribution in [2.75, 3.05) is 0 Å². The largest absolute Gasteiger partial charge is 0.364 e. The van der Waals surface area contributed by atoms with E-state index in [-0.39, 0.29) is 0 Å². The molecule has 3 rings (SSSR count). The number of benzene rings is 2. The fourth-order valence-corrected chi connectivity index (χ4v) is 3.15. The molecule has 0 spiro atoms. The quantitative estimate of drug-likeness (QED) is 0.767. The number of amides is 1. The number of carbonyl (C=O) groups is 1. The van der Waals surface area contributed by atoms with E-state index in [9.17, 15) is 4.79 Å². The number of primary amides is 1. The van der Waals surface area contributed by atoms with Crippen molar-refractivity contribution >= 4 is 28.8 Å². The standard InChI is InChI=1S/C17H13ClN2OS/c1-10-4-2-7-13(15(10)18)11-5-3-6-12(8-11)14-9-22-17(20-14)16(19)21/h2-9H,1H3,(H2,19,21). The molecule has 1 aromatic heterocycles. The van der Waals surface area contributed by atoms with Crippen molar-refractivity contribution < 1.29 is 4.79 Å². The number of hydrogen-bond acceptors (Lipinski definition) is 3. The monoisotopic (exact) mass is 328 g/mol. The van der Waals surface area contributed by atoms with Crippen LogP contribution in [0.25, 0.3) is 22.4 Å². The molecular weight excluding hydrogens is 316 g/mol. The Morgan fingerprint density at radius 1 is 1.18 bits per heavy atom. The summed E-state index contributed by atoms with van der Waals surface area (Å²) in [6.07, 6.45) is 0. The van der Waals surface area contributed by atoms with Crippen molar-refractivity contribution in [1.29, 1.82) is 0 Å². The minimum absolute atomic E-state index is 0.314. The number of carbonyl (C=O) groups excluding carboxylic acids is 1. The zero-order valence-corrected chi connectivity index (χ0v) is 13.4. The van der Waals surface area contributed by atoms with Gasteiger partial charge in [-0.05, 0) is 24.1 Å². The third kappa shape index (κ3) is 2.75. The van der Waals surface area contributed by atoms with Gasteiger partial charge in [0.1, 0.15) is 0 Å². The van der Waals surface area contributed by atoms with Crippen molar-refractivity contribution in [3.8, 4) is 22.4 Å². The predicted molar refractivity (Wildman–Crippen MR) is 91.3 cm³/mol. The van der Waals surface area contributed by atoms with Gasteiger partial charge in [-0.25, -0.2) is 4.98 Å². The number of thiazole rings is 1. The highest BCUT2D eigenvalue weighted by atomic mass is 35.5. The minimum atomic E-state index is -0.505. The second-order valence-electron chi connectivity index (χ2n) is 4.92. The molecule has 0 bridgehead atoms. The van der Waals surface area contributed by atoms with Gasteiger partial charge in [0.15, 0.2) is 5.01 Å². The zero-order valence-electron chi connectivity index (χ0n) is 11.8. The molecule has 0 atom stereocenters. The van der Waals surface area contributed by atoms with Crippen LogP contribution < -0.4 is 5.73 Å². The molecule has 0 radical (unpaired) electrons. The number of nitrogens with two attached hydrogens (primary N) is 1. The Bertz CT molecular complexity index is 857. The van der Waals surface area contributed by atoms with Crippen molar-refractivity contribution in [3.05, 3.63) is 63.4 Å². The average molecular weight is 329 g/mol. The normalized spacial score (nSPS) is 10.6. The topological polar surface area (TPSA) is 56.0 Å². The summed E-state index contributed by atoms with van der Waals surface area (Å²) < 4.78 is 0. The molecule has 110 valence electrons. The molecule has 0 saturated heterocycles. The van der Waals surface area contributed by atoms with E-state index >= 15 is 0 Å². The first-order valence-corrected chi connectivity index (χ1v) is 7.93. The van der Waals surface area contributed by atoms with Crippen LogP contribution in [0.3, 0.4) is 0 Å². The lowest BCUT2D eigenvalue weighted by Gasteiger charge is -2.08. The fraction of sp³-hybridized carbons (Fsp3) is 0.0588. The molecule has 0 aliphatic heterocycles. The van der Waals surface area contributed by atoms with Crippen LogP contribution in [0.1, 0.15) is 15.4 Å².